The minimum absolute atomic E-state index is 0.867. The summed E-state index contributed by atoms with van der Waals surface area (Å²) >= 11 is 0. The first kappa shape index (κ1) is 27.9. The molecule has 9 rings (SSSR count). The summed E-state index contributed by atoms with van der Waals surface area (Å²) in [5, 5.41) is 4.71. The van der Waals surface area contributed by atoms with Crippen LogP contribution in [0.5, 0.6) is 0 Å². The molecule has 1 aromatic heterocycles. The van der Waals surface area contributed by atoms with Gasteiger partial charge in [0.05, 0.1) is 0 Å². The van der Waals surface area contributed by atoms with E-state index in [0.29, 0.717) is 0 Å². The molecule has 0 fully saturated rings. The topological polar surface area (TPSA) is 16.4 Å². The Kier molecular flexibility index (Phi) is 6.84. The molecule has 1 heterocycles. The maximum atomic E-state index is 6.42. The van der Waals surface area contributed by atoms with Crippen molar-refractivity contribution in [2.45, 2.75) is 0 Å². The van der Waals surface area contributed by atoms with E-state index in [1.807, 2.05) is 12.1 Å². The Morgan fingerprint density at radius 2 is 0.875 bits per heavy atom. The van der Waals surface area contributed by atoms with Crippen molar-refractivity contribution >= 4 is 49.8 Å². The van der Waals surface area contributed by atoms with Crippen molar-refractivity contribution in [2.75, 3.05) is 4.90 Å². The van der Waals surface area contributed by atoms with E-state index in [-0.39, 0.29) is 0 Å². The molecule has 0 atom stereocenters. The monoisotopic (exact) mass is 613 g/mol. The first-order chi connectivity index (χ1) is 23.8. The average Bonchev–Trinajstić information content (AvgIpc) is 3.53. The number of anilines is 3. The van der Waals surface area contributed by atoms with Crippen LogP contribution in [0.3, 0.4) is 0 Å². The Morgan fingerprint density at radius 3 is 1.65 bits per heavy atom. The highest BCUT2D eigenvalue weighted by atomic mass is 16.3. The van der Waals surface area contributed by atoms with Gasteiger partial charge in [-0.05, 0) is 92.7 Å². The van der Waals surface area contributed by atoms with Crippen LogP contribution in [0.4, 0.5) is 17.1 Å². The average molecular weight is 614 g/mol. The van der Waals surface area contributed by atoms with E-state index in [1.54, 1.807) is 0 Å². The largest absolute Gasteiger partial charge is 0.456 e. The van der Waals surface area contributed by atoms with Crippen LogP contribution >= 0.6 is 0 Å². The van der Waals surface area contributed by atoms with Crippen molar-refractivity contribution in [3.05, 3.63) is 188 Å². The van der Waals surface area contributed by atoms with E-state index >= 15 is 0 Å². The van der Waals surface area contributed by atoms with Gasteiger partial charge in [0.25, 0.3) is 0 Å². The second kappa shape index (κ2) is 11.8. The molecule has 0 bridgehead atoms. The Morgan fingerprint density at radius 1 is 0.312 bits per heavy atom. The molecule has 226 valence electrons. The maximum absolute atomic E-state index is 6.42. The summed E-state index contributed by atoms with van der Waals surface area (Å²) in [5.74, 6) is 0. The highest BCUT2D eigenvalue weighted by Crippen LogP contribution is 2.43. The van der Waals surface area contributed by atoms with Crippen molar-refractivity contribution in [1.29, 1.82) is 0 Å². The fourth-order valence-corrected chi connectivity index (χ4v) is 6.93. The SMILES string of the molecule is c1ccc(-c2cc(-c3ccccc3)cc(N(c3cccc(-c4cccc5ccccc45)c3)c3ccc4c(c3)oc3ccccc34)c2)cc1. The lowest BCUT2D eigenvalue weighted by Gasteiger charge is -2.27. The second-order valence-electron chi connectivity index (χ2n) is 12.2. The van der Waals surface area contributed by atoms with Gasteiger partial charge in [0, 0.05) is 33.9 Å². The number of rotatable bonds is 6. The lowest BCUT2D eigenvalue weighted by atomic mass is 9.96. The standard InChI is InChI=1S/C46H31NO/c1-3-13-32(14-4-1)36-27-37(33-15-5-2-6-16-33)30-40(29-36)47(39-25-26-44-43-22-9-10-24-45(43)48-46(44)31-39)38-20-11-19-35(28-38)42-23-12-18-34-17-7-8-21-41(34)42/h1-31H. The molecule has 0 aliphatic carbocycles. The molecule has 0 saturated heterocycles. The van der Waals surface area contributed by atoms with Crippen LogP contribution in [0, 0.1) is 0 Å². The van der Waals surface area contributed by atoms with Crippen LogP contribution in [-0.2, 0) is 0 Å². The highest BCUT2D eigenvalue weighted by molar-refractivity contribution is 6.06. The summed E-state index contributed by atoms with van der Waals surface area (Å²) < 4.78 is 6.42. The minimum Gasteiger partial charge on any atom is -0.456 e. The zero-order valence-corrected chi connectivity index (χ0v) is 26.3. The number of fused-ring (bicyclic) bond motifs is 4. The van der Waals surface area contributed by atoms with Crippen molar-refractivity contribution in [3.8, 4) is 33.4 Å². The van der Waals surface area contributed by atoms with Crippen molar-refractivity contribution in [1.82, 2.24) is 0 Å². The fourth-order valence-electron chi connectivity index (χ4n) is 6.93. The third kappa shape index (κ3) is 5.01. The lowest BCUT2D eigenvalue weighted by molar-refractivity contribution is 0.669. The zero-order chi connectivity index (χ0) is 31.9. The van der Waals surface area contributed by atoms with E-state index in [0.717, 1.165) is 50.1 Å². The Balaban J connectivity index is 1.29. The summed E-state index contributed by atoms with van der Waals surface area (Å²) in [7, 11) is 0. The molecule has 9 aromatic rings. The fraction of sp³-hybridized carbons (Fsp3) is 0. The van der Waals surface area contributed by atoms with Gasteiger partial charge in [0.15, 0.2) is 0 Å². The minimum atomic E-state index is 0.867. The van der Waals surface area contributed by atoms with Gasteiger partial charge in [0.1, 0.15) is 11.2 Å². The van der Waals surface area contributed by atoms with E-state index < -0.39 is 0 Å². The van der Waals surface area contributed by atoms with Crippen LogP contribution in [0.2, 0.25) is 0 Å². The third-order valence-corrected chi connectivity index (χ3v) is 9.22. The molecule has 0 unspecified atom stereocenters. The predicted molar refractivity (Wildman–Crippen MR) is 202 cm³/mol. The molecule has 0 aliphatic heterocycles. The van der Waals surface area contributed by atoms with E-state index in [4.69, 9.17) is 4.42 Å². The van der Waals surface area contributed by atoms with Crippen LogP contribution in [-0.4, -0.2) is 0 Å². The molecule has 0 saturated carbocycles. The molecular weight excluding hydrogens is 583 g/mol. The number of benzene rings is 8. The van der Waals surface area contributed by atoms with Gasteiger partial charge in [-0.1, -0.05) is 133 Å². The molecule has 0 aliphatic rings. The van der Waals surface area contributed by atoms with Crippen LogP contribution in [0.15, 0.2) is 192 Å². The number of hydrogen-bond donors (Lipinski definition) is 0. The zero-order valence-electron chi connectivity index (χ0n) is 26.3. The molecule has 8 aromatic carbocycles. The quantitative estimate of drug-likeness (QED) is 0.185. The molecule has 48 heavy (non-hydrogen) atoms. The van der Waals surface area contributed by atoms with Gasteiger partial charge in [-0.15, -0.1) is 0 Å². The van der Waals surface area contributed by atoms with Gasteiger partial charge >= 0.3 is 0 Å². The Bertz CT molecular complexity index is 2500. The first-order valence-corrected chi connectivity index (χ1v) is 16.3. The van der Waals surface area contributed by atoms with Crippen molar-refractivity contribution < 1.29 is 4.42 Å². The predicted octanol–water partition coefficient (Wildman–Crippen LogP) is 13.2. The summed E-state index contributed by atoms with van der Waals surface area (Å²) in [6.07, 6.45) is 0. The van der Waals surface area contributed by atoms with Gasteiger partial charge < -0.3 is 9.32 Å². The summed E-state index contributed by atoms with van der Waals surface area (Å²) in [6.45, 7) is 0. The van der Waals surface area contributed by atoms with Gasteiger partial charge in [-0.3, -0.25) is 0 Å². The van der Waals surface area contributed by atoms with Gasteiger partial charge in [-0.2, -0.15) is 0 Å². The number of hydrogen-bond acceptors (Lipinski definition) is 2. The molecule has 0 N–H and O–H groups in total. The van der Waals surface area contributed by atoms with E-state index in [1.165, 1.54) is 33.0 Å². The molecule has 2 heteroatoms. The van der Waals surface area contributed by atoms with Gasteiger partial charge in [-0.25, -0.2) is 0 Å². The normalized spacial score (nSPS) is 11.3. The first-order valence-electron chi connectivity index (χ1n) is 16.3. The Labute approximate surface area is 279 Å². The molecular formula is C46H31NO. The van der Waals surface area contributed by atoms with Crippen LogP contribution < -0.4 is 4.90 Å². The van der Waals surface area contributed by atoms with E-state index in [9.17, 15) is 0 Å². The second-order valence-corrected chi connectivity index (χ2v) is 12.2. The highest BCUT2D eigenvalue weighted by Gasteiger charge is 2.19. The van der Waals surface area contributed by atoms with Crippen molar-refractivity contribution in [3.63, 3.8) is 0 Å². The Hall–Kier alpha value is -6.38. The summed E-state index contributed by atoms with van der Waals surface area (Å²) in [5.41, 5.74) is 12.0. The van der Waals surface area contributed by atoms with Crippen LogP contribution in [0.1, 0.15) is 0 Å². The molecule has 0 amide bonds. The van der Waals surface area contributed by atoms with Crippen molar-refractivity contribution in [2.24, 2.45) is 0 Å². The summed E-state index contributed by atoms with van der Waals surface area (Å²) in [6, 6.07) is 67.0. The van der Waals surface area contributed by atoms with Crippen LogP contribution in [0.25, 0.3) is 66.1 Å². The summed E-state index contributed by atoms with van der Waals surface area (Å²) in [4.78, 5) is 2.36. The number of nitrogens with zero attached hydrogens (tertiary/aromatic N) is 1. The molecule has 0 spiro atoms. The maximum Gasteiger partial charge on any atom is 0.137 e. The smallest absolute Gasteiger partial charge is 0.137 e. The molecule has 0 radical (unpaired) electrons. The lowest BCUT2D eigenvalue weighted by Crippen LogP contribution is -2.10. The third-order valence-electron chi connectivity index (χ3n) is 9.22. The number of para-hydroxylation sites is 1. The van der Waals surface area contributed by atoms with E-state index in [2.05, 4.69) is 181 Å². The molecule has 2 nitrogen and oxygen atoms in total. The number of furan rings is 1. The van der Waals surface area contributed by atoms with Gasteiger partial charge in [0.2, 0.25) is 0 Å².